The van der Waals surface area contributed by atoms with Crippen LogP contribution in [0.25, 0.3) is 0 Å². The number of aliphatic hydroxyl groups is 1. The smallest absolute Gasteiger partial charge is 0.0446 e. The molecule has 1 aliphatic heterocycles. The van der Waals surface area contributed by atoms with Gasteiger partial charge in [-0.25, -0.2) is 0 Å². The molecule has 0 spiro atoms. The Hall–Kier alpha value is -0.900. The third-order valence-electron chi connectivity index (χ3n) is 3.84. The molecule has 2 atom stereocenters. The zero-order valence-corrected chi connectivity index (χ0v) is 11.4. The fraction of sp³-hybridized carbons (Fsp3) is 0.600. The van der Waals surface area contributed by atoms with Crippen molar-refractivity contribution < 1.29 is 5.11 Å². The Morgan fingerprint density at radius 3 is 3.06 bits per heavy atom. The molecule has 3 nitrogen and oxygen atoms in total. The minimum absolute atomic E-state index is 0.268. The van der Waals surface area contributed by atoms with E-state index >= 15 is 0 Å². The summed E-state index contributed by atoms with van der Waals surface area (Å²) in [6.45, 7) is 7.80. The predicted octanol–water partition coefficient (Wildman–Crippen LogP) is 1.71. The second kappa shape index (κ2) is 6.32. The normalized spacial score (nSPS) is 22.9. The Kier molecular flexibility index (Phi) is 4.75. The van der Waals surface area contributed by atoms with Gasteiger partial charge < -0.3 is 10.4 Å². The highest BCUT2D eigenvalue weighted by Crippen LogP contribution is 2.22. The van der Waals surface area contributed by atoms with Gasteiger partial charge in [-0.15, -0.1) is 0 Å². The van der Waals surface area contributed by atoms with Crippen LogP contribution >= 0.6 is 0 Å². The first kappa shape index (κ1) is 13.5. The summed E-state index contributed by atoms with van der Waals surface area (Å²) in [6, 6.07) is 9.63. The zero-order valence-electron chi connectivity index (χ0n) is 11.4. The van der Waals surface area contributed by atoms with Crippen LogP contribution in [-0.2, 0) is 0 Å². The molecule has 1 aliphatic rings. The summed E-state index contributed by atoms with van der Waals surface area (Å²) in [5.41, 5.74) is 2.71. The Morgan fingerprint density at radius 1 is 1.50 bits per heavy atom. The van der Waals surface area contributed by atoms with Gasteiger partial charge in [-0.05, 0) is 25.8 Å². The summed E-state index contributed by atoms with van der Waals surface area (Å²) in [7, 11) is 0. The summed E-state index contributed by atoms with van der Waals surface area (Å²) in [4.78, 5) is 2.51. The van der Waals surface area contributed by atoms with E-state index < -0.39 is 0 Å². The number of benzene rings is 1. The van der Waals surface area contributed by atoms with Crippen LogP contribution in [0.5, 0.6) is 0 Å². The molecule has 1 fully saturated rings. The van der Waals surface area contributed by atoms with Crippen molar-refractivity contribution in [3.63, 3.8) is 0 Å². The van der Waals surface area contributed by atoms with E-state index in [2.05, 4.69) is 48.3 Å². The van der Waals surface area contributed by atoms with Gasteiger partial charge in [-0.2, -0.15) is 0 Å². The Balaban J connectivity index is 2.02. The van der Waals surface area contributed by atoms with E-state index in [1.807, 2.05) is 0 Å². The Bertz CT molecular complexity index is 379. The van der Waals surface area contributed by atoms with Gasteiger partial charge in [0.15, 0.2) is 0 Å². The molecule has 0 aromatic heterocycles. The van der Waals surface area contributed by atoms with Crippen molar-refractivity contribution in [3.05, 3.63) is 35.4 Å². The van der Waals surface area contributed by atoms with E-state index in [9.17, 15) is 0 Å². The van der Waals surface area contributed by atoms with E-state index in [1.54, 1.807) is 0 Å². The van der Waals surface area contributed by atoms with Crippen LogP contribution < -0.4 is 5.32 Å². The van der Waals surface area contributed by atoms with Crippen LogP contribution in [0.2, 0.25) is 0 Å². The maximum Gasteiger partial charge on any atom is 0.0446 e. The summed E-state index contributed by atoms with van der Waals surface area (Å²) in [5, 5.41) is 12.5. The molecule has 0 aliphatic carbocycles. The second-order valence-electron chi connectivity index (χ2n) is 5.25. The maximum atomic E-state index is 9.04. The molecule has 1 aromatic rings. The molecule has 1 aromatic carbocycles. The number of hydrogen-bond acceptors (Lipinski definition) is 3. The van der Waals surface area contributed by atoms with Crippen molar-refractivity contribution >= 4 is 0 Å². The van der Waals surface area contributed by atoms with Crippen molar-refractivity contribution in [3.8, 4) is 0 Å². The number of aliphatic hydroxyl groups excluding tert-OH is 1. The van der Waals surface area contributed by atoms with E-state index in [-0.39, 0.29) is 6.61 Å². The lowest BCUT2D eigenvalue weighted by atomic mass is 10.0. The first-order chi connectivity index (χ1) is 8.70. The van der Waals surface area contributed by atoms with Gasteiger partial charge >= 0.3 is 0 Å². The summed E-state index contributed by atoms with van der Waals surface area (Å²) in [5.74, 6) is 0. The predicted molar refractivity (Wildman–Crippen MR) is 74.7 cm³/mol. The van der Waals surface area contributed by atoms with Crippen LogP contribution in [0, 0.1) is 6.92 Å². The average Bonchev–Trinajstić information content (AvgIpc) is 2.39. The first-order valence-electron chi connectivity index (χ1n) is 6.85. The van der Waals surface area contributed by atoms with Gasteiger partial charge in [0.1, 0.15) is 0 Å². The van der Waals surface area contributed by atoms with Crippen molar-refractivity contribution in [2.75, 3.05) is 26.2 Å². The fourth-order valence-electron chi connectivity index (χ4n) is 2.69. The largest absolute Gasteiger partial charge is 0.396 e. The zero-order chi connectivity index (χ0) is 13.0. The van der Waals surface area contributed by atoms with Crippen molar-refractivity contribution in [2.45, 2.75) is 32.4 Å². The van der Waals surface area contributed by atoms with Crippen LogP contribution in [0.15, 0.2) is 24.3 Å². The van der Waals surface area contributed by atoms with Crippen LogP contribution in [-0.4, -0.2) is 42.3 Å². The molecule has 0 bridgehead atoms. The molecule has 0 radical (unpaired) electrons. The topological polar surface area (TPSA) is 35.5 Å². The molecule has 1 heterocycles. The Labute approximate surface area is 110 Å². The molecule has 1 saturated heterocycles. The third-order valence-corrected chi connectivity index (χ3v) is 3.84. The monoisotopic (exact) mass is 248 g/mol. The van der Waals surface area contributed by atoms with Gasteiger partial charge in [0, 0.05) is 38.3 Å². The molecular formula is C15H24N2O. The molecule has 2 rings (SSSR count). The van der Waals surface area contributed by atoms with Crippen molar-refractivity contribution in [2.24, 2.45) is 0 Å². The minimum atomic E-state index is 0.268. The highest BCUT2D eigenvalue weighted by Gasteiger charge is 2.23. The van der Waals surface area contributed by atoms with Crippen molar-refractivity contribution in [1.29, 1.82) is 0 Å². The average molecular weight is 248 g/mol. The number of hydrogen-bond donors (Lipinski definition) is 2. The molecular weight excluding hydrogens is 224 g/mol. The molecule has 100 valence electrons. The maximum absolute atomic E-state index is 9.04. The first-order valence-corrected chi connectivity index (χ1v) is 6.85. The van der Waals surface area contributed by atoms with Crippen molar-refractivity contribution in [1.82, 2.24) is 10.2 Å². The number of aryl methyl sites for hydroxylation is 1. The molecule has 0 amide bonds. The quantitative estimate of drug-likeness (QED) is 0.851. The molecule has 18 heavy (non-hydrogen) atoms. The van der Waals surface area contributed by atoms with Gasteiger partial charge in [-0.1, -0.05) is 29.8 Å². The Morgan fingerprint density at radius 2 is 2.33 bits per heavy atom. The lowest BCUT2D eigenvalue weighted by molar-refractivity contribution is 0.137. The second-order valence-corrected chi connectivity index (χ2v) is 5.25. The van der Waals surface area contributed by atoms with Gasteiger partial charge in [0.25, 0.3) is 0 Å². The fourth-order valence-corrected chi connectivity index (χ4v) is 2.69. The lowest BCUT2D eigenvalue weighted by Gasteiger charge is -2.37. The summed E-state index contributed by atoms with van der Waals surface area (Å²) in [6.07, 6.45) is 0.844. The number of rotatable bonds is 4. The number of nitrogens with zero attached hydrogens (tertiary/aromatic N) is 1. The highest BCUT2D eigenvalue weighted by molar-refractivity contribution is 5.24. The van der Waals surface area contributed by atoms with Crippen LogP contribution in [0.4, 0.5) is 0 Å². The molecule has 2 N–H and O–H groups in total. The molecule has 3 heteroatoms. The van der Waals surface area contributed by atoms with Gasteiger partial charge in [0.2, 0.25) is 0 Å². The third kappa shape index (κ3) is 3.31. The SMILES string of the molecule is Cc1cccc(C(C)N2CCNC(CCO)C2)c1. The van der Waals surface area contributed by atoms with E-state index in [0.717, 1.165) is 26.1 Å². The number of nitrogens with one attached hydrogen (secondary N) is 1. The summed E-state index contributed by atoms with van der Waals surface area (Å²) >= 11 is 0. The molecule has 2 unspecified atom stereocenters. The van der Waals surface area contributed by atoms with E-state index in [0.29, 0.717) is 12.1 Å². The van der Waals surface area contributed by atoms with Crippen LogP contribution in [0.3, 0.4) is 0 Å². The number of piperazine rings is 1. The van der Waals surface area contributed by atoms with Gasteiger partial charge in [0.05, 0.1) is 0 Å². The minimum Gasteiger partial charge on any atom is -0.396 e. The molecule has 0 saturated carbocycles. The van der Waals surface area contributed by atoms with E-state index in [4.69, 9.17) is 5.11 Å². The standard InChI is InChI=1S/C15H24N2O/c1-12-4-3-5-14(10-12)13(2)17-8-7-16-15(11-17)6-9-18/h3-5,10,13,15-16,18H,6-9,11H2,1-2H3. The van der Waals surface area contributed by atoms with Crippen LogP contribution in [0.1, 0.15) is 30.5 Å². The van der Waals surface area contributed by atoms with E-state index in [1.165, 1.54) is 11.1 Å². The van der Waals surface area contributed by atoms with Gasteiger partial charge in [-0.3, -0.25) is 4.90 Å². The summed E-state index contributed by atoms with van der Waals surface area (Å²) < 4.78 is 0. The highest BCUT2D eigenvalue weighted by atomic mass is 16.3. The lowest BCUT2D eigenvalue weighted by Crippen LogP contribution is -2.51.